The summed E-state index contributed by atoms with van der Waals surface area (Å²) in [5.41, 5.74) is 1.72. The third-order valence-electron chi connectivity index (χ3n) is 4.81. The van der Waals surface area contributed by atoms with Gasteiger partial charge in [0.25, 0.3) is 5.89 Å². The van der Waals surface area contributed by atoms with Crippen LogP contribution in [0.25, 0.3) is 11.5 Å². The lowest BCUT2D eigenvalue weighted by atomic mass is 9.84. The summed E-state index contributed by atoms with van der Waals surface area (Å²) in [6.07, 6.45) is 3.30. The first kappa shape index (κ1) is 20.7. The predicted molar refractivity (Wildman–Crippen MR) is 104 cm³/mol. The van der Waals surface area contributed by atoms with Crippen LogP contribution in [0.2, 0.25) is 0 Å². The number of nitrogens with zero attached hydrogens (tertiary/aromatic N) is 6. The Morgan fingerprint density at radius 1 is 1.23 bits per heavy atom. The van der Waals surface area contributed by atoms with Gasteiger partial charge in [-0.3, -0.25) is 14.8 Å². The van der Waals surface area contributed by atoms with Crippen molar-refractivity contribution in [3.8, 4) is 11.5 Å². The zero-order valence-electron chi connectivity index (χ0n) is 16.4. The Kier molecular flexibility index (Phi) is 6.03. The molecule has 1 fully saturated rings. The molecule has 0 saturated carbocycles. The summed E-state index contributed by atoms with van der Waals surface area (Å²) < 4.78 is 35.3. The maximum atomic E-state index is 13.0. The minimum atomic E-state index is -2.84. The van der Waals surface area contributed by atoms with Gasteiger partial charge in [-0.05, 0) is 29.8 Å². The molecule has 0 spiro atoms. The van der Waals surface area contributed by atoms with E-state index < -0.39 is 12.3 Å². The summed E-state index contributed by atoms with van der Waals surface area (Å²) in [6.45, 7) is 1.03. The summed E-state index contributed by atoms with van der Waals surface area (Å²) in [7, 11) is 1.57. The molecule has 0 aliphatic carbocycles. The van der Waals surface area contributed by atoms with Gasteiger partial charge in [-0.1, -0.05) is 0 Å². The van der Waals surface area contributed by atoms with Crippen LogP contribution in [0.5, 0.6) is 0 Å². The third kappa shape index (κ3) is 4.61. The first-order valence-corrected chi connectivity index (χ1v) is 9.40. The van der Waals surface area contributed by atoms with Crippen molar-refractivity contribution in [1.82, 2.24) is 25.2 Å². The number of aromatic nitrogens is 4. The summed E-state index contributed by atoms with van der Waals surface area (Å²) in [5, 5.41) is 12.3. The fourth-order valence-electron chi connectivity index (χ4n) is 3.09. The van der Waals surface area contributed by atoms with Crippen LogP contribution in [-0.2, 0) is 9.53 Å². The molecule has 1 aliphatic rings. The molecule has 1 unspecified atom stereocenters. The van der Waals surface area contributed by atoms with Gasteiger partial charge in [0.1, 0.15) is 0 Å². The van der Waals surface area contributed by atoms with Crippen LogP contribution in [-0.4, -0.2) is 57.6 Å². The number of pyridine rings is 2. The maximum Gasteiger partial charge on any atom is 0.314 e. The summed E-state index contributed by atoms with van der Waals surface area (Å²) in [6, 6.07) is 6.82. The van der Waals surface area contributed by atoms with Crippen molar-refractivity contribution in [1.29, 1.82) is 0 Å². The van der Waals surface area contributed by atoms with E-state index in [2.05, 4.69) is 25.3 Å². The summed E-state index contributed by atoms with van der Waals surface area (Å²) in [5.74, 6) is -1.27. The number of carbonyl (C=O) groups is 1. The molecule has 1 aliphatic heterocycles. The molecule has 1 atom stereocenters. The number of alkyl halides is 2. The molecule has 11 heteroatoms. The van der Waals surface area contributed by atoms with E-state index in [4.69, 9.17) is 9.15 Å². The Labute approximate surface area is 175 Å². The first-order valence-electron chi connectivity index (χ1n) is 9.40. The molecule has 3 aromatic rings. The lowest BCUT2D eigenvalue weighted by Crippen LogP contribution is -2.41. The highest BCUT2D eigenvalue weighted by atomic mass is 19.3. The number of hydrazone groups is 1. The van der Waals surface area contributed by atoms with E-state index in [0.29, 0.717) is 24.5 Å². The van der Waals surface area contributed by atoms with Crippen LogP contribution in [0.4, 0.5) is 8.78 Å². The topological polar surface area (TPSA) is 107 Å². The van der Waals surface area contributed by atoms with Crippen molar-refractivity contribution >= 4 is 12.1 Å². The summed E-state index contributed by atoms with van der Waals surface area (Å²) in [4.78, 5) is 21.2. The van der Waals surface area contributed by atoms with Crippen molar-refractivity contribution in [2.45, 2.75) is 12.3 Å². The van der Waals surface area contributed by atoms with Gasteiger partial charge in [0, 0.05) is 31.6 Å². The zero-order valence-corrected chi connectivity index (χ0v) is 16.4. The average molecular weight is 428 g/mol. The second-order valence-electron chi connectivity index (χ2n) is 6.88. The first-order chi connectivity index (χ1) is 15.0. The molecule has 4 rings (SSSR count). The van der Waals surface area contributed by atoms with Gasteiger partial charge in [-0.25, -0.2) is 5.01 Å². The Bertz CT molecular complexity index is 1050. The molecule has 0 N–H and O–H groups in total. The molecule has 0 bridgehead atoms. The van der Waals surface area contributed by atoms with Gasteiger partial charge >= 0.3 is 6.43 Å². The minimum absolute atomic E-state index is 0.0542. The number of carbonyl (C=O) groups excluding carboxylic acids is 1. The van der Waals surface area contributed by atoms with Gasteiger partial charge in [0.05, 0.1) is 36.6 Å². The van der Waals surface area contributed by atoms with E-state index in [9.17, 15) is 13.6 Å². The number of halogens is 2. The molecule has 0 aromatic carbocycles. The molecule has 160 valence electrons. The Morgan fingerprint density at radius 3 is 2.58 bits per heavy atom. The molecular weight excluding hydrogens is 410 g/mol. The molecule has 1 amide bonds. The van der Waals surface area contributed by atoms with Crippen LogP contribution in [0, 0.1) is 5.92 Å². The van der Waals surface area contributed by atoms with E-state index >= 15 is 0 Å². The standard InChI is InChI=1S/C20H18F2N6O3/c1-28(20(29)16(14-10-30-11-14)12-4-6-23-7-5-12)25-9-15-3-2-13(8-24-15)18-26-27-19(31-18)17(21)22/h2-9,14,16-17H,10-11H2,1H3/b25-9+. The summed E-state index contributed by atoms with van der Waals surface area (Å²) >= 11 is 0. The maximum absolute atomic E-state index is 13.0. The van der Waals surface area contributed by atoms with E-state index in [-0.39, 0.29) is 23.6 Å². The van der Waals surface area contributed by atoms with Crippen molar-refractivity contribution in [2.24, 2.45) is 11.0 Å². The van der Waals surface area contributed by atoms with Crippen LogP contribution in [0.15, 0.2) is 52.4 Å². The van der Waals surface area contributed by atoms with E-state index in [1.54, 1.807) is 31.6 Å². The minimum Gasteiger partial charge on any atom is -0.415 e. The normalized spacial score (nSPS) is 15.2. The number of amides is 1. The Morgan fingerprint density at radius 2 is 2.00 bits per heavy atom. The van der Waals surface area contributed by atoms with Crippen LogP contribution in [0.1, 0.15) is 29.5 Å². The molecule has 9 nitrogen and oxygen atoms in total. The average Bonchev–Trinajstić information content (AvgIpc) is 3.25. The lowest BCUT2D eigenvalue weighted by Gasteiger charge is -2.34. The van der Waals surface area contributed by atoms with Gasteiger partial charge < -0.3 is 9.15 Å². The quantitative estimate of drug-likeness (QED) is 0.421. The Hall–Kier alpha value is -3.60. The third-order valence-corrected chi connectivity index (χ3v) is 4.81. The fraction of sp³-hybridized carbons (Fsp3) is 0.300. The SMILES string of the molecule is CN(/N=C/c1ccc(-c2nnc(C(F)F)o2)cn1)C(=O)C(c1ccncc1)C1COC1. The predicted octanol–water partition coefficient (Wildman–Crippen LogP) is 2.69. The Balaban J connectivity index is 1.45. The monoisotopic (exact) mass is 428 g/mol. The molecule has 0 radical (unpaired) electrons. The van der Waals surface area contributed by atoms with E-state index in [1.165, 1.54) is 17.4 Å². The van der Waals surface area contributed by atoms with E-state index in [0.717, 1.165) is 5.56 Å². The second kappa shape index (κ2) is 9.04. The molecule has 31 heavy (non-hydrogen) atoms. The van der Waals surface area contributed by atoms with Crippen molar-refractivity contribution in [3.63, 3.8) is 0 Å². The number of likely N-dealkylation sites (N-methyl/N-ethyl adjacent to an activating group) is 1. The van der Waals surface area contributed by atoms with Crippen molar-refractivity contribution < 1.29 is 22.7 Å². The van der Waals surface area contributed by atoms with Gasteiger partial charge in [-0.15, -0.1) is 10.2 Å². The van der Waals surface area contributed by atoms with Crippen LogP contribution < -0.4 is 0 Å². The number of rotatable bonds is 7. The zero-order chi connectivity index (χ0) is 21.8. The number of ether oxygens (including phenoxy) is 1. The molecular formula is C20H18F2N6O3. The van der Waals surface area contributed by atoms with Gasteiger partial charge in [0.15, 0.2) is 0 Å². The number of hydrogen-bond donors (Lipinski definition) is 0. The smallest absolute Gasteiger partial charge is 0.314 e. The molecule has 3 aromatic heterocycles. The molecule has 4 heterocycles. The van der Waals surface area contributed by atoms with E-state index in [1.807, 2.05) is 12.1 Å². The number of hydrogen-bond acceptors (Lipinski definition) is 8. The van der Waals surface area contributed by atoms with Gasteiger partial charge in [0.2, 0.25) is 11.8 Å². The van der Waals surface area contributed by atoms with Crippen molar-refractivity contribution in [3.05, 3.63) is 60.0 Å². The van der Waals surface area contributed by atoms with Gasteiger partial charge in [-0.2, -0.15) is 13.9 Å². The second-order valence-corrected chi connectivity index (χ2v) is 6.88. The highest BCUT2D eigenvalue weighted by Crippen LogP contribution is 2.31. The highest BCUT2D eigenvalue weighted by molar-refractivity contribution is 5.86. The van der Waals surface area contributed by atoms with Crippen LogP contribution >= 0.6 is 0 Å². The fourth-order valence-corrected chi connectivity index (χ4v) is 3.09. The largest absolute Gasteiger partial charge is 0.415 e. The molecule has 1 saturated heterocycles. The highest BCUT2D eigenvalue weighted by Gasteiger charge is 2.36. The van der Waals surface area contributed by atoms with Crippen LogP contribution in [0.3, 0.4) is 0 Å². The lowest BCUT2D eigenvalue weighted by molar-refractivity contribution is -0.138. The van der Waals surface area contributed by atoms with Crippen molar-refractivity contribution in [2.75, 3.05) is 20.3 Å².